The Hall–Kier alpha value is -2.63. The second kappa shape index (κ2) is 4.56. The Morgan fingerprint density at radius 1 is 1.00 bits per heavy atom. The second-order valence-electron chi connectivity index (χ2n) is 3.91. The van der Waals surface area contributed by atoms with E-state index in [1.807, 2.05) is 0 Å². The molecule has 1 aromatic carbocycles. The lowest BCUT2D eigenvalue weighted by Crippen LogP contribution is -2.47. The van der Waals surface area contributed by atoms with Crippen molar-refractivity contribution in [2.45, 2.75) is 6.92 Å². The summed E-state index contributed by atoms with van der Waals surface area (Å²) < 4.78 is 4.82. The first-order chi connectivity index (χ1) is 8.97. The van der Waals surface area contributed by atoms with Gasteiger partial charge in [-0.15, -0.1) is 0 Å². The van der Waals surface area contributed by atoms with Crippen molar-refractivity contribution in [2.24, 2.45) is 0 Å². The molecule has 0 unspecified atom stereocenters. The molecule has 1 aromatic heterocycles. The summed E-state index contributed by atoms with van der Waals surface area (Å²) in [6, 6.07) is 3.00. The number of pyridine rings is 1. The Labute approximate surface area is 106 Å². The van der Waals surface area contributed by atoms with E-state index in [4.69, 9.17) is 4.74 Å². The Morgan fingerprint density at radius 2 is 1.63 bits per heavy atom. The van der Waals surface area contributed by atoms with Gasteiger partial charge in [-0.25, -0.2) is 0 Å². The molecule has 0 atom stereocenters. The third-order valence-corrected chi connectivity index (χ3v) is 2.67. The van der Waals surface area contributed by atoms with Gasteiger partial charge in [0.25, 0.3) is 16.3 Å². The third kappa shape index (κ3) is 1.97. The maximum absolute atomic E-state index is 11.9. The Bertz CT molecular complexity index is 847. The highest BCUT2D eigenvalue weighted by Crippen LogP contribution is 2.21. The minimum Gasteiger partial charge on any atom is -0.492 e. The SMILES string of the molecule is COc1c(-c2ccnc(C)c2)c(=O)c(=O)c(=O)c1=O. The van der Waals surface area contributed by atoms with E-state index in [1.165, 1.54) is 18.3 Å². The summed E-state index contributed by atoms with van der Waals surface area (Å²) in [5, 5.41) is 0. The van der Waals surface area contributed by atoms with Gasteiger partial charge in [-0.3, -0.25) is 24.2 Å². The van der Waals surface area contributed by atoms with E-state index in [1.54, 1.807) is 6.92 Å². The molecule has 2 aromatic rings. The fourth-order valence-electron chi connectivity index (χ4n) is 1.80. The van der Waals surface area contributed by atoms with Gasteiger partial charge in [0.2, 0.25) is 5.43 Å². The maximum atomic E-state index is 11.9. The molecule has 96 valence electrons. The molecule has 1 heterocycles. The fourth-order valence-corrected chi connectivity index (χ4v) is 1.80. The third-order valence-electron chi connectivity index (χ3n) is 2.67. The smallest absolute Gasteiger partial charge is 0.280 e. The van der Waals surface area contributed by atoms with Gasteiger partial charge in [-0.05, 0) is 24.6 Å². The van der Waals surface area contributed by atoms with Gasteiger partial charge in [0.05, 0.1) is 12.7 Å². The molecule has 2 rings (SSSR count). The van der Waals surface area contributed by atoms with Crippen LogP contribution < -0.4 is 26.5 Å². The van der Waals surface area contributed by atoms with E-state index in [0.717, 1.165) is 7.11 Å². The van der Waals surface area contributed by atoms with Gasteiger partial charge in [0, 0.05) is 11.9 Å². The largest absolute Gasteiger partial charge is 0.492 e. The van der Waals surface area contributed by atoms with Crippen molar-refractivity contribution >= 4 is 0 Å². The molecule has 0 bridgehead atoms. The maximum Gasteiger partial charge on any atom is 0.280 e. The van der Waals surface area contributed by atoms with Crippen molar-refractivity contribution in [3.8, 4) is 16.9 Å². The standard InChI is InChI=1S/C13H9NO5/c1-6-5-7(3-4-14-6)8-9(15)10(16)11(17)12(18)13(8)19-2/h3-5H,1-2H3. The normalized spacial score (nSPS) is 10.4. The molecule has 0 spiro atoms. The first-order valence-electron chi connectivity index (χ1n) is 5.36. The molecular weight excluding hydrogens is 250 g/mol. The molecular formula is C13H9NO5. The average Bonchev–Trinajstić information content (AvgIpc) is 2.40. The highest BCUT2D eigenvalue weighted by Gasteiger charge is 2.20. The van der Waals surface area contributed by atoms with Gasteiger partial charge in [-0.1, -0.05) is 0 Å². The summed E-state index contributed by atoms with van der Waals surface area (Å²) in [4.78, 5) is 50.2. The van der Waals surface area contributed by atoms with Crippen molar-refractivity contribution in [2.75, 3.05) is 7.11 Å². The lowest BCUT2D eigenvalue weighted by Gasteiger charge is -2.05. The molecule has 0 aliphatic heterocycles. The van der Waals surface area contributed by atoms with Gasteiger partial charge >= 0.3 is 0 Å². The first kappa shape index (κ1) is 12.8. The fraction of sp³-hybridized carbons (Fsp3) is 0.154. The zero-order valence-corrected chi connectivity index (χ0v) is 10.2. The van der Waals surface area contributed by atoms with Gasteiger partial charge < -0.3 is 4.74 Å². The molecule has 0 radical (unpaired) electrons. The number of aryl methyl sites for hydroxylation is 1. The van der Waals surface area contributed by atoms with Crippen LogP contribution in [0.3, 0.4) is 0 Å². The lowest BCUT2D eigenvalue weighted by atomic mass is 10.0. The van der Waals surface area contributed by atoms with E-state index >= 15 is 0 Å². The number of benzene rings is 1. The predicted molar refractivity (Wildman–Crippen MR) is 68.4 cm³/mol. The van der Waals surface area contributed by atoms with E-state index in [9.17, 15) is 19.2 Å². The molecule has 6 heteroatoms. The number of rotatable bonds is 2. The molecule has 0 N–H and O–H groups in total. The first-order valence-corrected chi connectivity index (χ1v) is 5.36. The number of ether oxygens (including phenoxy) is 1. The van der Waals surface area contributed by atoms with Crippen LogP contribution in [0, 0.1) is 6.92 Å². The summed E-state index contributed by atoms with van der Waals surface area (Å²) in [5.41, 5.74) is -4.11. The van der Waals surface area contributed by atoms with E-state index < -0.39 is 27.5 Å². The molecule has 0 fully saturated rings. The molecule has 6 nitrogen and oxygen atoms in total. The van der Waals surface area contributed by atoms with E-state index in [0.29, 0.717) is 11.3 Å². The van der Waals surface area contributed by atoms with Crippen LogP contribution in [0.1, 0.15) is 5.69 Å². The lowest BCUT2D eigenvalue weighted by molar-refractivity contribution is 0.411. The summed E-state index contributed by atoms with van der Waals surface area (Å²) in [6.45, 7) is 1.69. The molecule has 0 saturated carbocycles. The summed E-state index contributed by atoms with van der Waals surface area (Å²) in [7, 11) is 1.16. The van der Waals surface area contributed by atoms with Gasteiger partial charge in [0.1, 0.15) is 0 Å². The van der Waals surface area contributed by atoms with Crippen LogP contribution in [0.4, 0.5) is 0 Å². The Kier molecular flexibility index (Phi) is 3.08. The summed E-state index contributed by atoms with van der Waals surface area (Å²) in [5.74, 6) is -0.403. The highest BCUT2D eigenvalue weighted by molar-refractivity contribution is 5.70. The minimum atomic E-state index is -1.36. The van der Waals surface area contributed by atoms with Crippen LogP contribution in [-0.2, 0) is 0 Å². The summed E-state index contributed by atoms with van der Waals surface area (Å²) in [6.07, 6.45) is 1.43. The molecule has 0 saturated heterocycles. The molecule has 0 aliphatic rings. The van der Waals surface area contributed by atoms with Crippen LogP contribution in [0.15, 0.2) is 37.5 Å². The van der Waals surface area contributed by atoms with Crippen LogP contribution in [0.25, 0.3) is 11.1 Å². The van der Waals surface area contributed by atoms with Crippen molar-refractivity contribution < 1.29 is 4.74 Å². The Morgan fingerprint density at radius 3 is 2.21 bits per heavy atom. The number of nitrogens with zero attached hydrogens (tertiary/aromatic N) is 1. The number of aromatic nitrogens is 1. The molecule has 0 amide bonds. The van der Waals surface area contributed by atoms with Crippen molar-refractivity contribution in [3.63, 3.8) is 0 Å². The molecule has 0 aliphatic carbocycles. The van der Waals surface area contributed by atoms with Crippen molar-refractivity contribution in [3.05, 3.63) is 64.9 Å². The Balaban J connectivity index is 3.00. The van der Waals surface area contributed by atoms with Crippen molar-refractivity contribution in [1.82, 2.24) is 4.98 Å². The van der Waals surface area contributed by atoms with Gasteiger partial charge in [0.15, 0.2) is 5.75 Å². The van der Waals surface area contributed by atoms with E-state index in [2.05, 4.69) is 4.98 Å². The second-order valence-corrected chi connectivity index (χ2v) is 3.91. The topological polar surface area (TPSA) is 90.4 Å². The van der Waals surface area contributed by atoms with Gasteiger partial charge in [-0.2, -0.15) is 0 Å². The van der Waals surface area contributed by atoms with Crippen LogP contribution in [-0.4, -0.2) is 12.1 Å². The average molecular weight is 259 g/mol. The number of methoxy groups -OCH3 is 1. The zero-order chi connectivity index (χ0) is 14.2. The van der Waals surface area contributed by atoms with Crippen LogP contribution >= 0.6 is 0 Å². The molecule has 19 heavy (non-hydrogen) atoms. The zero-order valence-electron chi connectivity index (χ0n) is 10.2. The van der Waals surface area contributed by atoms with Crippen LogP contribution in [0.5, 0.6) is 5.75 Å². The van der Waals surface area contributed by atoms with E-state index in [-0.39, 0.29) is 5.56 Å². The number of hydrogen-bond donors (Lipinski definition) is 0. The van der Waals surface area contributed by atoms with Crippen LogP contribution in [0.2, 0.25) is 0 Å². The summed E-state index contributed by atoms with van der Waals surface area (Å²) >= 11 is 0. The highest BCUT2D eigenvalue weighted by atomic mass is 16.5. The number of hydrogen-bond acceptors (Lipinski definition) is 6. The van der Waals surface area contributed by atoms with Crippen molar-refractivity contribution in [1.29, 1.82) is 0 Å². The monoisotopic (exact) mass is 259 g/mol. The minimum absolute atomic E-state index is 0.192. The predicted octanol–water partition coefficient (Wildman–Crippen LogP) is -0.618. The quantitative estimate of drug-likeness (QED) is 0.668.